The van der Waals surface area contributed by atoms with Crippen LogP contribution >= 0.6 is 23.2 Å². The fourth-order valence-electron chi connectivity index (χ4n) is 3.28. The number of benzene rings is 2. The van der Waals surface area contributed by atoms with Gasteiger partial charge in [0.15, 0.2) is 11.5 Å². The van der Waals surface area contributed by atoms with Gasteiger partial charge in [-0.25, -0.2) is 0 Å². The summed E-state index contributed by atoms with van der Waals surface area (Å²) in [6.07, 6.45) is 1.51. The van der Waals surface area contributed by atoms with E-state index < -0.39 is 0 Å². The molecule has 0 radical (unpaired) electrons. The predicted molar refractivity (Wildman–Crippen MR) is 117 cm³/mol. The minimum absolute atomic E-state index is 0.163. The van der Waals surface area contributed by atoms with Crippen molar-refractivity contribution in [1.82, 2.24) is 15.1 Å². The van der Waals surface area contributed by atoms with Crippen molar-refractivity contribution in [2.45, 2.75) is 26.3 Å². The largest absolute Gasteiger partial charge is 0.489 e. The third-order valence-corrected chi connectivity index (χ3v) is 5.34. The molecule has 9 heteroatoms. The Morgan fingerprint density at radius 2 is 1.90 bits per heavy atom. The van der Waals surface area contributed by atoms with Crippen LogP contribution < -0.4 is 9.47 Å². The van der Waals surface area contributed by atoms with Crippen LogP contribution in [0.15, 0.2) is 40.8 Å². The van der Waals surface area contributed by atoms with E-state index in [0.717, 1.165) is 12.8 Å². The quantitative estimate of drug-likeness (QED) is 0.498. The zero-order valence-corrected chi connectivity index (χ0v) is 18.4. The number of hydrogen-bond acceptors (Lipinski definition) is 6. The normalized spacial score (nSPS) is 13.0. The molecular weight excluding hydrogens is 441 g/mol. The van der Waals surface area contributed by atoms with E-state index in [0.29, 0.717) is 64.2 Å². The lowest BCUT2D eigenvalue weighted by Crippen LogP contribution is -2.31. The van der Waals surface area contributed by atoms with Crippen molar-refractivity contribution in [3.8, 4) is 23.0 Å². The number of carbonyl (C=O) groups is 1. The number of rotatable bonds is 6. The van der Waals surface area contributed by atoms with Crippen molar-refractivity contribution in [3.05, 3.63) is 57.9 Å². The molecule has 2 heterocycles. The topological polar surface area (TPSA) is 77.7 Å². The van der Waals surface area contributed by atoms with Gasteiger partial charge >= 0.3 is 0 Å². The molecule has 7 nitrogen and oxygen atoms in total. The molecule has 0 fully saturated rings. The fraction of sp³-hybridized carbons (Fsp3) is 0.318. The summed E-state index contributed by atoms with van der Waals surface area (Å²) in [6.45, 7) is 3.69. The second-order valence-electron chi connectivity index (χ2n) is 7.04. The van der Waals surface area contributed by atoms with E-state index in [1.54, 1.807) is 29.2 Å². The van der Waals surface area contributed by atoms with Crippen LogP contribution in [0.1, 0.15) is 36.0 Å². The Labute approximate surface area is 189 Å². The highest BCUT2D eigenvalue weighted by molar-refractivity contribution is 6.33. The smallest absolute Gasteiger partial charge is 0.254 e. The van der Waals surface area contributed by atoms with Crippen LogP contribution in [0.3, 0.4) is 0 Å². The first-order chi connectivity index (χ1) is 15.1. The molecule has 1 aliphatic rings. The number of carbonyl (C=O) groups excluding carboxylic acids is 1. The van der Waals surface area contributed by atoms with Gasteiger partial charge in [0.25, 0.3) is 5.91 Å². The van der Waals surface area contributed by atoms with Gasteiger partial charge in [0, 0.05) is 18.5 Å². The molecule has 1 aromatic heterocycles. The molecule has 31 heavy (non-hydrogen) atoms. The summed E-state index contributed by atoms with van der Waals surface area (Å²) in [5.41, 5.74) is 1.06. The van der Waals surface area contributed by atoms with Gasteiger partial charge in [-0.05, 0) is 30.7 Å². The second-order valence-corrected chi connectivity index (χ2v) is 7.86. The summed E-state index contributed by atoms with van der Waals surface area (Å²) in [5, 5.41) is 9.03. The highest BCUT2D eigenvalue weighted by Gasteiger charge is 2.23. The van der Waals surface area contributed by atoms with Gasteiger partial charge in [-0.15, -0.1) is 10.2 Å². The van der Waals surface area contributed by atoms with Crippen molar-refractivity contribution in [2.75, 3.05) is 19.8 Å². The van der Waals surface area contributed by atoms with E-state index in [9.17, 15) is 4.79 Å². The lowest BCUT2D eigenvalue weighted by molar-refractivity contribution is 0.0728. The molecule has 0 atom stereocenters. The highest BCUT2D eigenvalue weighted by atomic mass is 35.5. The summed E-state index contributed by atoms with van der Waals surface area (Å²) in [4.78, 5) is 14.9. The van der Waals surface area contributed by atoms with Crippen molar-refractivity contribution in [1.29, 1.82) is 0 Å². The Bertz CT molecular complexity index is 1090. The number of aromatic nitrogens is 2. The summed E-state index contributed by atoms with van der Waals surface area (Å²) < 4.78 is 17.1. The molecule has 1 aliphatic heterocycles. The van der Waals surface area contributed by atoms with Gasteiger partial charge in [0.1, 0.15) is 0 Å². The number of amides is 1. The zero-order valence-electron chi connectivity index (χ0n) is 16.9. The van der Waals surface area contributed by atoms with Gasteiger partial charge < -0.3 is 18.8 Å². The first-order valence-electron chi connectivity index (χ1n) is 10.0. The maximum absolute atomic E-state index is 13.3. The number of nitrogens with zero attached hydrogens (tertiary/aromatic N) is 3. The molecular formula is C22H21Cl2N3O4. The fourth-order valence-corrected chi connectivity index (χ4v) is 3.77. The zero-order chi connectivity index (χ0) is 21.8. The third-order valence-electron chi connectivity index (χ3n) is 4.73. The molecule has 1 amide bonds. The molecule has 0 aliphatic carbocycles. The van der Waals surface area contributed by atoms with E-state index in [1.165, 1.54) is 0 Å². The monoisotopic (exact) mass is 461 g/mol. The molecule has 0 saturated carbocycles. The van der Waals surface area contributed by atoms with Crippen LogP contribution in [0, 0.1) is 0 Å². The third kappa shape index (κ3) is 4.78. The minimum atomic E-state index is -0.211. The molecule has 0 unspecified atom stereocenters. The van der Waals surface area contributed by atoms with Gasteiger partial charge in [0.05, 0.1) is 35.4 Å². The van der Waals surface area contributed by atoms with Crippen molar-refractivity contribution < 1.29 is 18.7 Å². The molecule has 0 N–H and O–H groups in total. The number of hydrogen-bond donors (Lipinski definition) is 0. The van der Waals surface area contributed by atoms with E-state index in [2.05, 4.69) is 10.2 Å². The Kier molecular flexibility index (Phi) is 6.63. The molecule has 0 bridgehead atoms. The van der Waals surface area contributed by atoms with Crippen LogP contribution in [0.25, 0.3) is 11.5 Å². The SMILES string of the molecule is CCCN(Cc1nnc(-c2ccccc2Cl)o1)C(=O)c1cc(Cl)c2c(c1)OCCCO2. The van der Waals surface area contributed by atoms with Crippen LogP contribution in [-0.2, 0) is 6.54 Å². The average molecular weight is 462 g/mol. The van der Waals surface area contributed by atoms with Gasteiger partial charge in [-0.2, -0.15) is 0 Å². The lowest BCUT2D eigenvalue weighted by atomic mass is 10.1. The number of fused-ring (bicyclic) bond motifs is 1. The van der Waals surface area contributed by atoms with E-state index in [1.807, 2.05) is 19.1 Å². The molecule has 2 aromatic carbocycles. The lowest BCUT2D eigenvalue weighted by Gasteiger charge is -2.21. The maximum atomic E-state index is 13.3. The number of halogens is 2. The van der Waals surface area contributed by atoms with E-state index in [-0.39, 0.29) is 12.5 Å². The van der Waals surface area contributed by atoms with Crippen molar-refractivity contribution in [2.24, 2.45) is 0 Å². The van der Waals surface area contributed by atoms with Crippen LogP contribution in [0.5, 0.6) is 11.5 Å². The predicted octanol–water partition coefficient (Wildman–Crippen LogP) is 5.26. The van der Waals surface area contributed by atoms with Gasteiger partial charge in [0.2, 0.25) is 11.8 Å². The van der Waals surface area contributed by atoms with E-state index in [4.69, 9.17) is 37.1 Å². The number of ether oxygens (including phenoxy) is 2. The molecule has 3 aromatic rings. The van der Waals surface area contributed by atoms with Crippen molar-refractivity contribution in [3.63, 3.8) is 0 Å². The Morgan fingerprint density at radius 3 is 2.71 bits per heavy atom. The molecule has 4 rings (SSSR count). The Hall–Kier alpha value is -2.77. The van der Waals surface area contributed by atoms with Crippen molar-refractivity contribution >= 4 is 29.1 Å². The summed E-state index contributed by atoms with van der Waals surface area (Å²) in [5.74, 6) is 1.36. The molecule has 162 valence electrons. The van der Waals surface area contributed by atoms with Crippen LogP contribution in [0.4, 0.5) is 0 Å². The second kappa shape index (κ2) is 9.58. The first kappa shape index (κ1) is 21.5. The summed E-state index contributed by atoms with van der Waals surface area (Å²) >= 11 is 12.6. The Morgan fingerprint density at radius 1 is 1.10 bits per heavy atom. The maximum Gasteiger partial charge on any atom is 0.254 e. The standard InChI is InChI=1S/C22H21Cl2N3O4/c1-2-8-27(13-19-25-26-21(31-19)15-6-3-4-7-16(15)23)22(28)14-11-17(24)20-18(12-14)29-9-5-10-30-20/h3-4,6-7,11-12H,2,5,8-10,13H2,1H3. The van der Waals surface area contributed by atoms with Crippen LogP contribution in [-0.4, -0.2) is 40.8 Å². The van der Waals surface area contributed by atoms with Gasteiger partial charge in [-0.1, -0.05) is 42.3 Å². The highest BCUT2D eigenvalue weighted by Crippen LogP contribution is 2.38. The average Bonchev–Trinajstić information content (AvgIpc) is 3.08. The first-order valence-corrected chi connectivity index (χ1v) is 10.8. The van der Waals surface area contributed by atoms with Gasteiger partial charge in [-0.3, -0.25) is 4.79 Å². The minimum Gasteiger partial charge on any atom is -0.489 e. The summed E-state index contributed by atoms with van der Waals surface area (Å²) in [7, 11) is 0. The summed E-state index contributed by atoms with van der Waals surface area (Å²) in [6, 6.07) is 10.5. The molecule has 0 spiro atoms. The molecule has 0 saturated heterocycles. The van der Waals surface area contributed by atoms with E-state index >= 15 is 0 Å². The van der Waals surface area contributed by atoms with Crippen LogP contribution in [0.2, 0.25) is 10.0 Å². The Balaban J connectivity index is 1.57.